The third-order valence-electron chi connectivity index (χ3n) is 1.72. The van der Waals surface area contributed by atoms with Crippen LogP contribution in [0.3, 0.4) is 0 Å². The average Bonchev–Trinajstić information content (AvgIpc) is 2.65. The van der Waals surface area contributed by atoms with Gasteiger partial charge in [0.1, 0.15) is 10.8 Å². The average molecular weight is 225 g/mol. The highest BCUT2D eigenvalue weighted by Gasteiger charge is 2.03. The highest BCUT2D eigenvalue weighted by molar-refractivity contribution is 7.25. The molecular formula is C9H7NO2S2. The van der Waals surface area contributed by atoms with Crippen LogP contribution in [0, 0.1) is 0 Å². The number of benzene rings is 1. The predicted molar refractivity (Wildman–Crippen MR) is 58.2 cm³/mol. The molecule has 0 saturated carbocycles. The van der Waals surface area contributed by atoms with Crippen LogP contribution in [0.15, 0.2) is 29.1 Å². The summed E-state index contributed by atoms with van der Waals surface area (Å²) >= 11 is 2.16. The molecule has 0 radical (unpaired) electrons. The molecule has 0 spiro atoms. The Morgan fingerprint density at radius 3 is 2.50 bits per heavy atom. The van der Waals surface area contributed by atoms with Gasteiger partial charge in [0.15, 0.2) is 0 Å². The van der Waals surface area contributed by atoms with Crippen molar-refractivity contribution < 1.29 is 4.74 Å². The molecule has 0 N–H and O–H groups in total. The molecule has 1 aromatic carbocycles. The first-order valence-corrected chi connectivity index (χ1v) is 5.50. The fourth-order valence-corrected chi connectivity index (χ4v) is 2.47. The lowest BCUT2D eigenvalue weighted by Crippen LogP contribution is -1.81. The van der Waals surface area contributed by atoms with Gasteiger partial charge >= 0.3 is 4.06 Å². The van der Waals surface area contributed by atoms with E-state index in [1.165, 1.54) is 11.3 Å². The smallest absolute Gasteiger partial charge is 0.306 e. The minimum atomic E-state index is 0.0239. The lowest BCUT2D eigenvalue weighted by Gasteiger charge is -1.99. The summed E-state index contributed by atoms with van der Waals surface area (Å²) in [6.07, 6.45) is 0. The van der Waals surface area contributed by atoms with E-state index in [-0.39, 0.29) is 4.06 Å². The Morgan fingerprint density at radius 1 is 1.29 bits per heavy atom. The van der Waals surface area contributed by atoms with Gasteiger partial charge in [0, 0.05) is 17.1 Å². The van der Waals surface area contributed by atoms with Crippen molar-refractivity contribution in [2.24, 2.45) is 0 Å². The fraction of sp³-hybridized carbons (Fsp3) is 0.111. The van der Waals surface area contributed by atoms with Crippen molar-refractivity contribution in [3.8, 4) is 16.3 Å². The molecule has 3 nitrogen and oxygen atoms in total. The largest absolute Gasteiger partial charge is 0.497 e. The van der Waals surface area contributed by atoms with E-state index in [9.17, 15) is 4.79 Å². The van der Waals surface area contributed by atoms with Gasteiger partial charge < -0.3 is 4.74 Å². The van der Waals surface area contributed by atoms with Crippen LogP contribution in [0.2, 0.25) is 0 Å². The maximum Gasteiger partial charge on any atom is 0.306 e. The van der Waals surface area contributed by atoms with Crippen LogP contribution in [-0.4, -0.2) is 11.5 Å². The first-order valence-electron chi connectivity index (χ1n) is 3.91. The van der Waals surface area contributed by atoms with Crippen LogP contribution in [-0.2, 0) is 0 Å². The van der Waals surface area contributed by atoms with Crippen molar-refractivity contribution in [3.05, 3.63) is 33.1 Å². The van der Waals surface area contributed by atoms with E-state index in [2.05, 4.69) is 4.37 Å². The van der Waals surface area contributed by atoms with Gasteiger partial charge in [-0.3, -0.25) is 4.79 Å². The lowest BCUT2D eigenvalue weighted by molar-refractivity contribution is 0.415. The highest BCUT2D eigenvalue weighted by Crippen LogP contribution is 2.22. The zero-order chi connectivity index (χ0) is 9.97. The molecule has 1 heterocycles. The Morgan fingerprint density at radius 2 is 2.00 bits per heavy atom. The standard InChI is InChI=1S/C9H7NO2S2/c1-12-7-4-2-6(3-5-7)8-10-14-9(11)13-8/h2-5H,1H3. The van der Waals surface area contributed by atoms with Crippen LogP contribution in [0.25, 0.3) is 10.6 Å². The van der Waals surface area contributed by atoms with Crippen molar-refractivity contribution in [3.63, 3.8) is 0 Å². The van der Waals surface area contributed by atoms with Crippen molar-refractivity contribution in [1.82, 2.24) is 4.37 Å². The Labute approximate surface area is 88.8 Å². The molecule has 0 aliphatic rings. The summed E-state index contributed by atoms with van der Waals surface area (Å²) in [5, 5.41) is 0.766. The SMILES string of the molecule is COc1ccc(-c2nsc(=O)s2)cc1. The number of rotatable bonds is 2. The van der Waals surface area contributed by atoms with Crippen molar-refractivity contribution in [2.75, 3.05) is 7.11 Å². The van der Waals surface area contributed by atoms with E-state index in [4.69, 9.17) is 4.74 Å². The van der Waals surface area contributed by atoms with E-state index in [0.29, 0.717) is 0 Å². The van der Waals surface area contributed by atoms with E-state index >= 15 is 0 Å². The minimum absolute atomic E-state index is 0.0239. The molecule has 0 aliphatic carbocycles. The number of hydrogen-bond donors (Lipinski definition) is 0. The summed E-state index contributed by atoms with van der Waals surface area (Å²) < 4.78 is 9.11. The number of nitrogens with zero attached hydrogens (tertiary/aromatic N) is 1. The molecule has 1 aromatic heterocycles. The maximum absolute atomic E-state index is 10.9. The molecular weight excluding hydrogens is 218 g/mol. The Kier molecular flexibility index (Phi) is 2.60. The van der Waals surface area contributed by atoms with Crippen LogP contribution in [0.4, 0.5) is 0 Å². The van der Waals surface area contributed by atoms with Gasteiger partial charge in [0.25, 0.3) is 0 Å². The number of aromatic nitrogens is 1. The Balaban J connectivity index is 2.38. The Bertz CT molecular complexity index is 472. The molecule has 0 aliphatic heterocycles. The normalized spacial score (nSPS) is 10.1. The number of hydrogen-bond acceptors (Lipinski definition) is 5. The predicted octanol–water partition coefficient (Wildman–Crippen LogP) is 2.24. The highest BCUT2D eigenvalue weighted by atomic mass is 32.2. The molecule has 0 unspecified atom stereocenters. The second kappa shape index (κ2) is 3.89. The summed E-state index contributed by atoms with van der Waals surface area (Å²) in [6, 6.07) is 7.49. The van der Waals surface area contributed by atoms with E-state index in [1.807, 2.05) is 24.3 Å². The van der Waals surface area contributed by atoms with Gasteiger partial charge in [-0.1, -0.05) is 11.3 Å². The van der Waals surface area contributed by atoms with Gasteiger partial charge in [-0.15, -0.1) is 0 Å². The first kappa shape index (κ1) is 9.36. The van der Waals surface area contributed by atoms with Crippen LogP contribution >= 0.6 is 22.9 Å². The molecule has 2 rings (SSSR count). The summed E-state index contributed by atoms with van der Waals surface area (Å²) in [5.41, 5.74) is 0.953. The first-order chi connectivity index (χ1) is 6.79. The van der Waals surface area contributed by atoms with Crippen molar-refractivity contribution in [1.29, 1.82) is 0 Å². The lowest BCUT2D eigenvalue weighted by atomic mass is 10.2. The molecule has 0 fully saturated rings. The molecule has 5 heteroatoms. The van der Waals surface area contributed by atoms with Crippen molar-refractivity contribution in [2.45, 2.75) is 0 Å². The molecule has 14 heavy (non-hydrogen) atoms. The third-order valence-corrected chi connectivity index (χ3v) is 3.42. The third kappa shape index (κ3) is 1.83. The van der Waals surface area contributed by atoms with Crippen molar-refractivity contribution >= 4 is 22.9 Å². The van der Waals surface area contributed by atoms with Crippen LogP contribution in [0.5, 0.6) is 5.75 Å². The van der Waals surface area contributed by atoms with E-state index in [0.717, 1.165) is 27.9 Å². The summed E-state index contributed by atoms with van der Waals surface area (Å²) in [6.45, 7) is 0. The Hall–Kier alpha value is -1.20. The van der Waals surface area contributed by atoms with E-state index < -0.39 is 0 Å². The molecule has 0 atom stereocenters. The van der Waals surface area contributed by atoms with Crippen LogP contribution in [0.1, 0.15) is 0 Å². The minimum Gasteiger partial charge on any atom is -0.497 e. The van der Waals surface area contributed by atoms with Gasteiger partial charge in [-0.05, 0) is 24.3 Å². The molecule has 0 amide bonds. The molecule has 0 bridgehead atoms. The second-order valence-electron chi connectivity index (χ2n) is 2.57. The maximum atomic E-state index is 10.9. The van der Waals surface area contributed by atoms with Gasteiger partial charge in [-0.2, -0.15) is 4.37 Å². The van der Waals surface area contributed by atoms with E-state index in [1.54, 1.807) is 7.11 Å². The van der Waals surface area contributed by atoms with Gasteiger partial charge in [0.05, 0.1) is 7.11 Å². The molecule has 0 saturated heterocycles. The zero-order valence-corrected chi connectivity index (χ0v) is 9.02. The fourth-order valence-electron chi connectivity index (χ4n) is 1.04. The monoisotopic (exact) mass is 225 g/mol. The van der Waals surface area contributed by atoms with Gasteiger partial charge in [-0.25, -0.2) is 0 Å². The number of ether oxygens (including phenoxy) is 1. The second-order valence-corrected chi connectivity index (χ2v) is 4.52. The van der Waals surface area contributed by atoms with Gasteiger partial charge in [0.2, 0.25) is 0 Å². The molecule has 2 aromatic rings. The quantitative estimate of drug-likeness (QED) is 0.786. The number of methoxy groups -OCH3 is 1. The topological polar surface area (TPSA) is 39.2 Å². The summed E-state index contributed by atoms with van der Waals surface area (Å²) in [7, 11) is 1.62. The summed E-state index contributed by atoms with van der Waals surface area (Å²) in [5.74, 6) is 0.802. The summed E-state index contributed by atoms with van der Waals surface area (Å²) in [4.78, 5) is 10.9. The van der Waals surface area contributed by atoms with Crippen LogP contribution < -0.4 is 8.79 Å². The molecule has 72 valence electrons. The zero-order valence-electron chi connectivity index (χ0n) is 7.39.